The fourth-order valence-electron chi connectivity index (χ4n) is 2.21. The molecule has 0 radical (unpaired) electrons. The molecule has 0 fully saturated rings. The van der Waals surface area contributed by atoms with E-state index in [9.17, 15) is 14.4 Å². The van der Waals surface area contributed by atoms with Crippen molar-refractivity contribution in [2.24, 2.45) is 5.73 Å². The molecular formula is C20H39N3O5. The first-order chi connectivity index (χ1) is 12.8. The van der Waals surface area contributed by atoms with Crippen LogP contribution in [0.3, 0.4) is 0 Å². The normalized spacial score (nSPS) is 12.8. The van der Waals surface area contributed by atoms with Gasteiger partial charge in [0, 0.05) is 19.5 Å². The third-order valence-corrected chi connectivity index (χ3v) is 3.49. The molecule has 0 saturated heterocycles. The zero-order valence-electron chi connectivity index (χ0n) is 18.4. The highest BCUT2D eigenvalue weighted by molar-refractivity contribution is 5.79. The van der Waals surface area contributed by atoms with Crippen LogP contribution < -0.4 is 16.4 Å². The summed E-state index contributed by atoms with van der Waals surface area (Å²) in [6.07, 6.45) is 3.68. The highest BCUT2D eigenvalue weighted by Gasteiger charge is 2.22. The summed E-state index contributed by atoms with van der Waals surface area (Å²) in [7, 11) is 0. The molecule has 0 aromatic rings. The number of alkyl carbamates (subject to hydrolysis) is 1. The minimum atomic E-state index is -0.789. The second kappa shape index (κ2) is 12.6. The summed E-state index contributed by atoms with van der Waals surface area (Å²) in [6.45, 7) is 12.0. The fourth-order valence-corrected chi connectivity index (χ4v) is 2.21. The summed E-state index contributed by atoms with van der Waals surface area (Å²) in [5.41, 5.74) is 4.69. The van der Waals surface area contributed by atoms with Crippen molar-refractivity contribution in [3.8, 4) is 0 Å². The van der Waals surface area contributed by atoms with E-state index in [0.29, 0.717) is 13.1 Å². The smallest absolute Gasteiger partial charge is 0.407 e. The Morgan fingerprint density at radius 3 is 1.82 bits per heavy atom. The average Bonchev–Trinajstić information content (AvgIpc) is 2.51. The van der Waals surface area contributed by atoms with E-state index >= 15 is 0 Å². The lowest BCUT2D eigenvalue weighted by atomic mass is 10.1. The molecule has 0 spiro atoms. The van der Waals surface area contributed by atoms with Gasteiger partial charge in [-0.05, 0) is 60.8 Å². The molecule has 1 atom stereocenters. The number of amides is 2. The zero-order chi connectivity index (χ0) is 21.8. The van der Waals surface area contributed by atoms with Crippen LogP contribution in [0.4, 0.5) is 4.79 Å². The van der Waals surface area contributed by atoms with Gasteiger partial charge in [-0.3, -0.25) is 9.59 Å². The standard InChI is InChI=1S/C20H39N3O5/c1-19(2,3)27-17(25)15(21)11-12-16(24)22-13-9-7-8-10-14-23-18(26)28-20(4,5)6/h15H,7-14,21H2,1-6H3,(H,22,24)(H,23,26). The Balaban J connectivity index is 3.65. The number of unbranched alkanes of at least 4 members (excludes halogenated alkanes) is 3. The molecule has 0 rings (SSSR count). The molecule has 28 heavy (non-hydrogen) atoms. The van der Waals surface area contributed by atoms with Gasteiger partial charge in [-0.15, -0.1) is 0 Å². The van der Waals surface area contributed by atoms with E-state index in [2.05, 4.69) is 10.6 Å². The number of carbonyl (C=O) groups excluding carboxylic acids is 3. The Labute approximate surface area is 169 Å². The largest absolute Gasteiger partial charge is 0.459 e. The summed E-state index contributed by atoms with van der Waals surface area (Å²) >= 11 is 0. The minimum Gasteiger partial charge on any atom is -0.459 e. The Bertz CT molecular complexity index is 495. The van der Waals surface area contributed by atoms with Crippen LogP contribution in [0.5, 0.6) is 0 Å². The molecule has 0 aromatic carbocycles. The molecule has 0 aliphatic heterocycles. The van der Waals surface area contributed by atoms with E-state index in [1.807, 2.05) is 20.8 Å². The lowest BCUT2D eigenvalue weighted by Gasteiger charge is -2.22. The zero-order valence-corrected chi connectivity index (χ0v) is 18.4. The summed E-state index contributed by atoms with van der Waals surface area (Å²) in [6, 6.07) is -0.789. The Morgan fingerprint density at radius 2 is 1.32 bits per heavy atom. The molecule has 164 valence electrons. The van der Waals surface area contributed by atoms with Crippen LogP contribution in [0.2, 0.25) is 0 Å². The molecule has 0 aromatic heterocycles. The Morgan fingerprint density at radius 1 is 0.821 bits per heavy atom. The molecule has 2 amide bonds. The van der Waals surface area contributed by atoms with Crippen LogP contribution in [-0.4, -0.2) is 48.3 Å². The molecule has 1 unspecified atom stereocenters. The number of carbonyl (C=O) groups is 3. The van der Waals surface area contributed by atoms with Crippen molar-refractivity contribution in [2.45, 2.75) is 97.3 Å². The SMILES string of the molecule is CC(C)(C)OC(=O)NCCCCCCNC(=O)CCC(N)C(=O)OC(C)(C)C. The Hall–Kier alpha value is -1.83. The highest BCUT2D eigenvalue weighted by Crippen LogP contribution is 2.10. The molecule has 8 heteroatoms. The summed E-state index contributed by atoms with van der Waals surface area (Å²) in [5, 5.41) is 5.54. The van der Waals surface area contributed by atoms with Gasteiger partial charge in [-0.1, -0.05) is 12.8 Å². The predicted octanol–water partition coefficient (Wildman–Crippen LogP) is 2.64. The summed E-state index contributed by atoms with van der Waals surface area (Å²) < 4.78 is 10.3. The van der Waals surface area contributed by atoms with E-state index in [-0.39, 0.29) is 18.7 Å². The van der Waals surface area contributed by atoms with Crippen molar-refractivity contribution in [3.63, 3.8) is 0 Å². The van der Waals surface area contributed by atoms with Gasteiger partial charge in [0.1, 0.15) is 17.2 Å². The molecule has 0 aliphatic rings. The maximum absolute atomic E-state index is 11.8. The summed E-state index contributed by atoms with van der Waals surface area (Å²) in [5.74, 6) is -0.606. The van der Waals surface area contributed by atoms with Crippen LogP contribution in [0.15, 0.2) is 0 Å². The van der Waals surface area contributed by atoms with Crippen molar-refractivity contribution in [1.82, 2.24) is 10.6 Å². The van der Waals surface area contributed by atoms with Crippen LogP contribution >= 0.6 is 0 Å². The second-order valence-corrected chi connectivity index (χ2v) is 8.87. The third kappa shape index (κ3) is 16.4. The number of rotatable bonds is 11. The number of esters is 1. The molecular weight excluding hydrogens is 362 g/mol. The fraction of sp³-hybridized carbons (Fsp3) is 0.850. The number of hydrogen-bond acceptors (Lipinski definition) is 6. The molecule has 8 nitrogen and oxygen atoms in total. The highest BCUT2D eigenvalue weighted by atomic mass is 16.6. The van der Waals surface area contributed by atoms with Crippen LogP contribution in [0.1, 0.15) is 80.1 Å². The number of hydrogen-bond donors (Lipinski definition) is 3. The number of nitrogens with one attached hydrogen (secondary N) is 2. The van der Waals surface area contributed by atoms with Crippen LogP contribution in [-0.2, 0) is 19.1 Å². The van der Waals surface area contributed by atoms with Crippen LogP contribution in [0, 0.1) is 0 Å². The van der Waals surface area contributed by atoms with E-state index in [1.54, 1.807) is 20.8 Å². The second-order valence-electron chi connectivity index (χ2n) is 8.87. The van der Waals surface area contributed by atoms with Gasteiger partial charge in [0.25, 0.3) is 0 Å². The number of ether oxygens (including phenoxy) is 2. The average molecular weight is 402 g/mol. The molecule has 0 bridgehead atoms. The van der Waals surface area contributed by atoms with Crippen molar-refractivity contribution in [1.29, 1.82) is 0 Å². The van der Waals surface area contributed by atoms with Crippen molar-refractivity contribution >= 4 is 18.0 Å². The summed E-state index contributed by atoms with van der Waals surface area (Å²) in [4.78, 5) is 35.0. The van der Waals surface area contributed by atoms with E-state index in [1.165, 1.54) is 0 Å². The van der Waals surface area contributed by atoms with Gasteiger partial charge in [0.05, 0.1) is 0 Å². The molecule has 4 N–H and O–H groups in total. The van der Waals surface area contributed by atoms with Crippen molar-refractivity contribution < 1.29 is 23.9 Å². The first-order valence-corrected chi connectivity index (χ1v) is 10.0. The van der Waals surface area contributed by atoms with Gasteiger partial charge in [0.2, 0.25) is 5.91 Å². The van der Waals surface area contributed by atoms with Gasteiger partial charge in [0.15, 0.2) is 0 Å². The maximum atomic E-state index is 11.8. The topological polar surface area (TPSA) is 120 Å². The van der Waals surface area contributed by atoms with Gasteiger partial charge in [-0.25, -0.2) is 4.79 Å². The maximum Gasteiger partial charge on any atom is 0.407 e. The van der Waals surface area contributed by atoms with E-state index in [0.717, 1.165) is 25.7 Å². The van der Waals surface area contributed by atoms with Gasteiger partial charge >= 0.3 is 12.1 Å². The predicted molar refractivity (Wildman–Crippen MR) is 109 cm³/mol. The minimum absolute atomic E-state index is 0.120. The van der Waals surface area contributed by atoms with Gasteiger partial charge < -0.3 is 25.8 Å². The third-order valence-electron chi connectivity index (χ3n) is 3.49. The van der Waals surface area contributed by atoms with E-state index < -0.39 is 29.3 Å². The first kappa shape index (κ1) is 26.2. The van der Waals surface area contributed by atoms with E-state index in [4.69, 9.17) is 15.2 Å². The first-order valence-electron chi connectivity index (χ1n) is 10.0. The molecule has 0 saturated carbocycles. The van der Waals surface area contributed by atoms with Crippen molar-refractivity contribution in [2.75, 3.05) is 13.1 Å². The molecule has 0 heterocycles. The lowest BCUT2D eigenvalue weighted by molar-refractivity contribution is -0.156. The van der Waals surface area contributed by atoms with Crippen LogP contribution in [0.25, 0.3) is 0 Å². The Kier molecular flexibility index (Phi) is 11.8. The van der Waals surface area contributed by atoms with Gasteiger partial charge in [-0.2, -0.15) is 0 Å². The molecule has 0 aliphatic carbocycles. The lowest BCUT2D eigenvalue weighted by Crippen LogP contribution is -2.38. The number of nitrogens with two attached hydrogens (primary N) is 1. The monoisotopic (exact) mass is 401 g/mol. The quantitative estimate of drug-likeness (QED) is 0.362. The van der Waals surface area contributed by atoms with Crippen molar-refractivity contribution in [3.05, 3.63) is 0 Å².